The van der Waals surface area contributed by atoms with Crippen molar-refractivity contribution in [3.63, 3.8) is 0 Å². The molecule has 0 saturated heterocycles. The molecule has 0 aliphatic rings. The van der Waals surface area contributed by atoms with Gasteiger partial charge in [0.2, 0.25) is 0 Å². The molecule has 96 valence electrons. The van der Waals surface area contributed by atoms with Crippen LogP contribution < -0.4 is 0 Å². The van der Waals surface area contributed by atoms with E-state index >= 15 is 0 Å². The Labute approximate surface area is 102 Å². The highest BCUT2D eigenvalue weighted by Gasteiger charge is 2.26. The molecule has 0 radical (unpaired) electrons. The van der Waals surface area contributed by atoms with Crippen LogP contribution in [0.25, 0.3) is 0 Å². The summed E-state index contributed by atoms with van der Waals surface area (Å²) in [6.07, 6.45) is 0.577. The standard InChI is InChI=1S/C13H20O4/c1-13(16-9-7-14,17-10-8-15)11-12-5-3-2-4-6-12/h2-6,14-15H,7-11H2,1H3. The first-order chi connectivity index (χ1) is 8.20. The normalized spacial score (nSPS) is 11.7. The minimum Gasteiger partial charge on any atom is -0.394 e. The fourth-order valence-electron chi connectivity index (χ4n) is 1.63. The van der Waals surface area contributed by atoms with E-state index in [-0.39, 0.29) is 26.4 Å². The van der Waals surface area contributed by atoms with Gasteiger partial charge in [-0.15, -0.1) is 0 Å². The number of rotatable bonds is 8. The van der Waals surface area contributed by atoms with Crippen LogP contribution in [-0.2, 0) is 15.9 Å². The topological polar surface area (TPSA) is 58.9 Å². The summed E-state index contributed by atoms with van der Waals surface area (Å²) >= 11 is 0. The quantitative estimate of drug-likeness (QED) is 0.665. The van der Waals surface area contributed by atoms with Gasteiger partial charge < -0.3 is 19.7 Å². The Morgan fingerprint density at radius 3 is 2.00 bits per heavy atom. The predicted molar refractivity (Wildman–Crippen MR) is 64.6 cm³/mol. The molecule has 0 spiro atoms. The summed E-state index contributed by atoms with van der Waals surface area (Å²) in [5.74, 6) is -0.813. The summed E-state index contributed by atoms with van der Waals surface area (Å²) < 4.78 is 11.0. The molecule has 1 rings (SSSR count). The first kappa shape index (κ1) is 14.1. The van der Waals surface area contributed by atoms with Crippen LogP contribution in [0.3, 0.4) is 0 Å². The van der Waals surface area contributed by atoms with E-state index in [0.29, 0.717) is 6.42 Å². The molecular formula is C13H20O4. The highest BCUT2D eigenvalue weighted by Crippen LogP contribution is 2.19. The van der Waals surface area contributed by atoms with Crippen molar-refractivity contribution >= 4 is 0 Å². The van der Waals surface area contributed by atoms with Crippen molar-refractivity contribution in [3.05, 3.63) is 35.9 Å². The molecule has 0 bridgehead atoms. The summed E-state index contributed by atoms with van der Waals surface area (Å²) in [6.45, 7) is 2.15. The highest BCUT2D eigenvalue weighted by molar-refractivity contribution is 5.16. The van der Waals surface area contributed by atoms with Crippen LogP contribution in [-0.4, -0.2) is 42.4 Å². The molecule has 0 fully saturated rings. The zero-order valence-corrected chi connectivity index (χ0v) is 10.1. The fourth-order valence-corrected chi connectivity index (χ4v) is 1.63. The second-order valence-corrected chi connectivity index (χ2v) is 3.94. The minimum absolute atomic E-state index is 0.0487. The third-order valence-corrected chi connectivity index (χ3v) is 2.37. The van der Waals surface area contributed by atoms with E-state index in [1.165, 1.54) is 0 Å². The summed E-state index contributed by atoms with van der Waals surface area (Å²) in [6, 6.07) is 9.83. The molecule has 1 aromatic rings. The van der Waals surface area contributed by atoms with Crippen molar-refractivity contribution in [2.75, 3.05) is 26.4 Å². The van der Waals surface area contributed by atoms with E-state index in [2.05, 4.69) is 0 Å². The number of aliphatic hydroxyl groups excluding tert-OH is 2. The van der Waals surface area contributed by atoms with Gasteiger partial charge in [-0.05, 0) is 12.5 Å². The van der Waals surface area contributed by atoms with Crippen LogP contribution in [0.4, 0.5) is 0 Å². The number of hydrogen-bond acceptors (Lipinski definition) is 4. The van der Waals surface area contributed by atoms with Gasteiger partial charge in [0.15, 0.2) is 5.79 Å². The van der Waals surface area contributed by atoms with E-state index in [1.54, 1.807) is 0 Å². The van der Waals surface area contributed by atoms with Gasteiger partial charge in [0, 0.05) is 6.42 Å². The molecular weight excluding hydrogens is 220 g/mol. The van der Waals surface area contributed by atoms with Crippen LogP contribution in [0.5, 0.6) is 0 Å². The molecule has 17 heavy (non-hydrogen) atoms. The van der Waals surface area contributed by atoms with Crippen molar-refractivity contribution in [1.82, 2.24) is 0 Å². The van der Waals surface area contributed by atoms with E-state index in [4.69, 9.17) is 19.7 Å². The van der Waals surface area contributed by atoms with Gasteiger partial charge in [-0.2, -0.15) is 0 Å². The van der Waals surface area contributed by atoms with Crippen LogP contribution in [0, 0.1) is 0 Å². The Morgan fingerprint density at radius 2 is 1.53 bits per heavy atom. The first-order valence-corrected chi connectivity index (χ1v) is 5.74. The van der Waals surface area contributed by atoms with Gasteiger partial charge in [-0.3, -0.25) is 0 Å². The monoisotopic (exact) mass is 240 g/mol. The Hall–Kier alpha value is -0.940. The highest BCUT2D eigenvalue weighted by atomic mass is 16.7. The van der Waals surface area contributed by atoms with Gasteiger partial charge in [0.25, 0.3) is 0 Å². The van der Waals surface area contributed by atoms with Crippen LogP contribution in [0.1, 0.15) is 12.5 Å². The smallest absolute Gasteiger partial charge is 0.169 e. The van der Waals surface area contributed by atoms with Gasteiger partial charge in [0.05, 0.1) is 26.4 Å². The maximum absolute atomic E-state index is 8.79. The Balaban J connectivity index is 2.61. The molecule has 4 nitrogen and oxygen atoms in total. The number of aliphatic hydroxyl groups is 2. The van der Waals surface area contributed by atoms with Crippen LogP contribution in [0.2, 0.25) is 0 Å². The second kappa shape index (κ2) is 7.40. The van der Waals surface area contributed by atoms with Gasteiger partial charge >= 0.3 is 0 Å². The number of ether oxygens (including phenoxy) is 2. The van der Waals surface area contributed by atoms with Crippen molar-refractivity contribution in [2.24, 2.45) is 0 Å². The lowest BCUT2D eigenvalue weighted by Gasteiger charge is -2.29. The SMILES string of the molecule is CC(Cc1ccccc1)(OCCO)OCCO. The summed E-state index contributed by atoms with van der Waals surface area (Å²) in [5, 5.41) is 17.6. The third kappa shape index (κ3) is 5.28. The molecule has 0 aromatic heterocycles. The first-order valence-electron chi connectivity index (χ1n) is 5.74. The third-order valence-electron chi connectivity index (χ3n) is 2.37. The molecule has 2 N–H and O–H groups in total. The maximum atomic E-state index is 8.79. The second-order valence-electron chi connectivity index (χ2n) is 3.94. The van der Waals surface area contributed by atoms with E-state index in [0.717, 1.165) is 5.56 Å². The van der Waals surface area contributed by atoms with E-state index < -0.39 is 5.79 Å². The molecule has 0 saturated carbocycles. The van der Waals surface area contributed by atoms with Crippen molar-refractivity contribution < 1.29 is 19.7 Å². The van der Waals surface area contributed by atoms with Crippen molar-refractivity contribution in [3.8, 4) is 0 Å². The van der Waals surface area contributed by atoms with Gasteiger partial charge in [-0.25, -0.2) is 0 Å². The van der Waals surface area contributed by atoms with Crippen molar-refractivity contribution in [2.45, 2.75) is 19.1 Å². The van der Waals surface area contributed by atoms with Crippen molar-refractivity contribution in [1.29, 1.82) is 0 Å². The minimum atomic E-state index is -0.813. The number of benzene rings is 1. The molecule has 0 amide bonds. The number of hydrogen-bond donors (Lipinski definition) is 2. The molecule has 1 aromatic carbocycles. The molecule has 0 aliphatic carbocycles. The predicted octanol–water partition coefficient (Wildman–Crippen LogP) is 0.963. The molecule has 4 heteroatoms. The average Bonchev–Trinajstić information content (AvgIpc) is 2.35. The Kier molecular flexibility index (Phi) is 6.15. The lowest BCUT2D eigenvalue weighted by atomic mass is 10.1. The lowest BCUT2D eigenvalue weighted by Crippen LogP contribution is -2.37. The summed E-state index contributed by atoms with van der Waals surface area (Å²) in [5.41, 5.74) is 1.09. The lowest BCUT2D eigenvalue weighted by molar-refractivity contribution is -0.230. The molecule has 0 unspecified atom stereocenters. The summed E-state index contributed by atoms with van der Waals surface area (Å²) in [7, 11) is 0. The fraction of sp³-hybridized carbons (Fsp3) is 0.538. The Morgan fingerprint density at radius 1 is 1.00 bits per heavy atom. The van der Waals surface area contributed by atoms with Gasteiger partial charge in [0.1, 0.15) is 0 Å². The molecule has 0 aliphatic heterocycles. The Bertz CT molecular complexity index is 292. The summed E-state index contributed by atoms with van der Waals surface area (Å²) in [4.78, 5) is 0. The molecule has 0 heterocycles. The van der Waals surface area contributed by atoms with Crippen LogP contribution >= 0.6 is 0 Å². The maximum Gasteiger partial charge on any atom is 0.169 e. The van der Waals surface area contributed by atoms with Gasteiger partial charge in [-0.1, -0.05) is 30.3 Å². The zero-order valence-electron chi connectivity index (χ0n) is 10.1. The molecule has 0 atom stereocenters. The van der Waals surface area contributed by atoms with E-state index in [9.17, 15) is 0 Å². The average molecular weight is 240 g/mol. The van der Waals surface area contributed by atoms with Crippen LogP contribution in [0.15, 0.2) is 30.3 Å². The largest absolute Gasteiger partial charge is 0.394 e. The van der Waals surface area contributed by atoms with E-state index in [1.807, 2.05) is 37.3 Å². The zero-order chi connectivity index (χ0) is 12.6.